The van der Waals surface area contributed by atoms with Crippen LogP contribution in [0.4, 0.5) is 4.79 Å². The van der Waals surface area contributed by atoms with Gasteiger partial charge in [-0.05, 0) is 35.4 Å². The van der Waals surface area contributed by atoms with E-state index in [0.29, 0.717) is 11.3 Å². The maximum absolute atomic E-state index is 12.8. The lowest BCUT2D eigenvalue weighted by Crippen LogP contribution is -2.30. The molecule has 0 fully saturated rings. The average molecular weight is 468 g/mol. The van der Waals surface area contributed by atoms with Gasteiger partial charge >= 0.3 is 6.09 Å². The summed E-state index contributed by atoms with van der Waals surface area (Å²) in [4.78, 5) is 25.2. The first kappa shape index (κ1) is 21.6. The molecule has 0 saturated heterocycles. The molecular formula is C24H22BrNO4. The minimum absolute atomic E-state index is 0.0772. The summed E-state index contributed by atoms with van der Waals surface area (Å²) in [7, 11) is 1.59. The molecule has 0 spiro atoms. The highest BCUT2D eigenvalue weighted by Gasteiger charge is 2.20. The molecule has 0 aliphatic rings. The summed E-state index contributed by atoms with van der Waals surface area (Å²) in [5.74, 6) is 0.620. The number of ketones is 1. The van der Waals surface area contributed by atoms with Crippen molar-refractivity contribution < 1.29 is 19.1 Å². The largest absolute Gasteiger partial charge is 0.497 e. The number of hydrogen-bond donors (Lipinski definition) is 1. The second-order valence-corrected chi connectivity index (χ2v) is 7.58. The Kier molecular flexibility index (Phi) is 7.63. The number of carbonyl (C=O) groups is 2. The molecule has 3 aromatic carbocycles. The highest BCUT2D eigenvalue weighted by atomic mass is 79.9. The summed E-state index contributed by atoms with van der Waals surface area (Å²) in [6.45, 7) is 0.155. The van der Waals surface area contributed by atoms with Crippen LogP contribution in [0.15, 0.2) is 83.3 Å². The highest BCUT2D eigenvalue weighted by Crippen LogP contribution is 2.23. The number of alkyl carbamates (subject to hydrolysis) is 1. The second-order valence-electron chi connectivity index (χ2n) is 6.67. The topological polar surface area (TPSA) is 64.6 Å². The Morgan fingerprint density at radius 1 is 0.933 bits per heavy atom. The predicted molar refractivity (Wildman–Crippen MR) is 119 cm³/mol. The Bertz CT molecular complexity index is 972. The van der Waals surface area contributed by atoms with E-state index in [4.69, 9.17) is 9.47 Å². The molecule has 0 bridgehead atoms. The minimum atomic E-state index is -0.580. The van der Waals surface area contributed by atoms with Crippen LogP contribution < -0.4 is 10.1 Å². The molecule has 1 atom stereocenters. The Labute approximate surface area is 184 Å². The molecule has 0 heterocycles. The van der Waals surface area contributed by atoms with Gasteiger partial charge in [-0.3, -0.25) is 4.79 Å². The maximum Gasteiger partial charge on any atom is 0.407 e. The van der Waals surface area contributed by atoms with Crippen molar-refractivity contribution in [3.05, 3.63) is 100 Å². The van der Waals surface area contributed by atoms with E-state index in [-0.39, 0.29) is 18.8 Å². The van der Waals surface area contributed by atoms with Crippen LogP contribution in [-0.4, -0.2) is 19.0 Å². The fourth-order valence-corrected chi connectivity index (χ4v) is 3.20. The monoisotopic (exact) mass is 467 g/mol. The van der Waals surface area contributed by atoms with Gasteiger partial charge in [0.1, 0.15) is 12.4 Å². The van der Waals surface area contributed by atoms with Gasteiger partial charge in [-0.1, -0.05) is 70.5 Å². The van der Waals surface area contributed by atoms with Gasteiger partial charge in [0, 0.05) is 16.5 Å². The smallest absolute Gasteiger partial charge is 0.407 e. The number of halogens is 1. The van der Waals surface area contributed by atoms with Gasteiger partial charge in [0.05, 0.1) is 13.2 Å². The predicted octanol–water partition coefficient (Wildman–Crippen LogP) is 5.70. The average Bonchev–Trinajstić information content (AvgIpc) is 2.78. The Hall–Kier alpha value is -3.12. The first-order valence-electron chi connectivity index (χ1n) is 9.45. The quantitative estimate of drug-likeness (QED) is 0.431. The number of ether oxygens (including phenoxy) is 2. The molecule has 6 heteroatoms. The van der Waals surface area contributed by atoms with Crippen LogP contribution in [0.5, 0.6) is 5.75 Å². The molecule has 0 aromatic heterocycles. The van der Waals surface area contributed by atoms with Crippen molar-refractivity contribution in [1.29, 1.82) is 0 Å². The van der Waals surface area contributed by atoms with Gasteiger partial charge in [-0.25, -0.2) is 4.79 Å². The third-order valence-electron chi connectivity index (χ3n) is 4.58. The molecule has 0 aliphatic carbocycles. The summed E-state index contributed by atoms with van der Waals surface area (Å²) in [5, 5.41) is 2.82. The number of rotatable bonds is 8. The van der Waals surface area contributed by atoms with E-state index in [9.17, 15) is 9.59 Å². The zero-order valence-corrected chi connectivity index (χ0v) is 18.1. The standard InChI is InChI=1S/C24H22BrNO4/c1-29-21-13-9-18(10-14-21)22(15-23(27)19-7-11-20(25)12-8-19)26-24(28)30-16-17-5-3-2-4-6-17/h2-14,22H,15-16H2,1H3,(H,26,28). The number of methoxy groups -OCH3 is 1. The van der Waals surface area contributed by atoms with Crippen molar-refractivity contribution in [2.24, 2.45) is 0 Å². The van der Waals surface area contributed by atoms with Gasteiger partial charge < -0.3 is 14.8 Å². The molecule has 1 amide bonds. The van der Waals surface area contributed by atoms with Crippen LogP contribution in [-0.2, 0) is 11.3 Å². The first-order chi connectivity index (χ1) is 14.5. The molecule has 5 nitrogen and oxygen atoms in total. The van der Waals surface area contributed by atoms with Crippen LogP contribution in [0.2, 0.25) is 0 Å². The zero-order valence-electron chi connectivity index (χ0n) is 16.5. The fourth-order valence-electron chi connectivity index (χ4n) is 2.93. The summed E-state index contributed by atoms with van der Waals surface area (Å²) >= 11 is 3.37. The van der Waals surface area contributed by atoms with Crippen molar-refractivity contribution >= 4 is 27.8 Å². The van der Waals surface area contributed by atoms with Gasteiger partial charge in [-0.2, -0.15) is 0 Å². The number of nitrogens with one attached hydrogen (secondary N) is 1. The summed E-state index contributed by atoms with van der Waals surface area (Å²) in [6, 6.07) is 23.3. The maximum atomic E-state index is 12.8. The Morgan fingerprint density at radius 2 is 1.60 bits per heavy atom. The number of Topliss-reactive ketones (excluding diaryl/α,β-unsaturated/α-hetero) is 1. The van der Waals surface area contributed by atoms with Gasteiger partial charge in [0.25, 0.3) is 0 Å². The van der Waals surface area contributed by atoms with Crippen molar-refractivity contribution in [2.75, 3.05) is 7.11 Å². The van der Waals surface area contributed by atoms with Crippen LogP contribution in [0.25, 0.3) is 0 Å². The Morgan fingerprint density at radius 3 is 2.23 bits per heavy atom. The molecule has 3 rings (SSSR count). The molecule has 0 radical (unpaired) electrons. The SMILES string of the molecule is COc1ccc(C(CC(=O)c2ccc(Br)cc2)NC(=O)OCc2ccccc2)cc1. The lowest BCUT2D eigenvalue weighted by atomic mass is 9.98. The Balaban J connectivity index is 1.71. The zero-order chi connectivity index (χ0) is 21.3. The third kappa shape index (κ3) is 6.19. The lowest BCUT2D eigenvalue weighted by molar-refractivity contribution is 0.0963. The van der Waals surface area contributed by atoms with E-state index in [1.807, 2.05) is 54.6 Å². The molecule has 154 valence electrons. The van der Waals surface area contributed by atoms with Crippen LogP contribution in [0.1, 0.15) is 33.9 Å². The van der Waals surface area contributed by atoms with E-state index in [1.54, 1.807) is 31.4 Å². The van der Waals surface area contributed by atoms with Crippen molar-refractivity contribution in [1.82, 2.24) is 5.32 Å². The number of benzene rings is 3. The van der Waals surface area contributed by atoms with Gasteiger partial charge in [-0.15, -0.1) is 0 Å². The molecular weight excluding hydrogens is 446 g/mol. The summed E-state index contributed by atoms with van der Waals surface area (Å²) in [6.07, 6.45) is -0.475. The molecule has 1 unspecified atom stereocenters. The number of carbonyl (C=O) groups excluding carboxylic acids is 2. The van der Waals surface area contributed by atoms with Crippen LogP contribution >= 0.6 is 15.9 Å². The van der Waals surface area contributed by atoms with Crippen molar-refractivity contribution in [3.8, 4) is 5.75 Å². The highest BCUT2D eigenvalue weighted by molar-refractivity contribution is 9.10. The first-order valence-corrected chi connectivity index (χ1v) is 10.2. The van der Waals surface area contributed by atoms with Crippen LogP contribution in [0.3, 0.4) is 0 Å². The summed E-state index contributed by atoms with van der Waals surface area (Å²) in [5.41, 5.74) is 2.26. The second kappa shape index (κ2) is 10.6. The summed E-state index contributed by atoms with van der Waals surface area (Å²) < 4.78 is 11.4. The van der Waals surface area contributed by atoms with Crippen molar-refractivity contribution in [2.45, 2.75) is 19.1 Å². The molecule has 3 aromatic rings. The molecule has 0 aliphatic heterocycles. The fraction of sp³-hybridized carbons (Fsp3) is 0.167. The van der Waals surface area contributed by atoms with Crippen LogP contribution in [0, 0.1) is 0 Å². The van der Waals surface area contributed by atoms with Gasteiger partial charge in [0.2, 0.25) is 0 Å². The van der Waals surface area contributed by atoms with E-state index >= 15 is 0 Å². The lowest BCUT2D eigenvalue weighted by Gasteiger charge is -2.19. The van der Waals surface area contributed by atoms with E-state index < -0.39 is 12.1 Å². The van der Waals surface area contributed by atoms with E-state index in [2.05, 4.69) is 21.2 Å². The van der Waals surface area contributed by atoms with E-state index in [1.165, 1.54) is 0 Å². The van der Waals surface area contributed by atoms with Crippen molar-refractivity contribution in [3.63, 3.8) is 0 Å². The number of amides is 1. The van der Waals surface area contributed by atoms with E-state index in [0.717, 1.165) is 15.6 Å². The normalized spacial score (nSPS) is 11.4. The molecule has 1 N–H and O–H groups in total. The molecule has 30 heavy (non-hydrogen) atoms. The minimum Gasteiger partial charge on any atom is -0.497 e. The molecule has 0 saturated carbocycles. The number of hydrogen-bond acceptors (Lipinski definition) is 4. The third-order valence-corrected chi connectivity index (χ3v) is 5.11. The van der Waals surface area contributed by atoms with Gasteiger partial charge in [0.15, 0.2) is 5.78 Å².